The molecule has 1 N–H and O–H groups in total. The number of rotatable bonds is 5. The van der Waals surface area contributed by atoms with Gasteiger partial charge in [0, 0.05) is 17.8 Å². The molecule has 0 aliphatic rings. The molecule has 20 heavy (non-hydrogen) atoms. The molecular weight excluding hydrogens is 269 g/mol. The number of halogens is 1. The summed E-state index contributed by atoms with van der Waals surface area (Å²) in [5.74, 6) is -1.12. The molecular formula is C12H12FN3O4. The maximum atomic E-state index is 12.7. The minimum Gasteiger partial charge on any atom is -0.464 e. The Kier molecular flexibility index (Phi) is 4.14. The molecule has 0 bridgehead atoms. The maximum Gasteiger partial charge on any atom is 0.344 e. The van der Waals surface area contributed by atoms with Gasteiger partial charge in [-0.05, 0) is 19.1 Å². The van der Waals surface area contributed by atoms with Crippen LogP contribution < -0.4 is 4.74 Å². The van der Waals surface area contributed by atoms with Crippen LogP contribution in [0, 0.1) is 5.95 Å². The summed E-state index contributed by atoms with van der Waals surface area (Å²) in [5, 5.41) is 13.3. The van der Waals surface area contributed by atoms with Crippen LogP contribution in [-0.2, 0) is 9.53 Å². The van der Waals surface area contributed by atoms with Gasteiger partial charge in [-0.1, -0.05) is 9.94 Å². The van der Waals surface area contributed by atoms with E-state index in [9.17, 15) is 14.4 Å². The van der Waals surface area contributed by atoms with Crippen LogP contribution in [0.25, 0.3) is 11.3 Å². The predicted molar refractivity (Wildman–Crippen MR) is 64.7 cm³/mol. The summed E-state index contributed by atoms with van der Waals surface area (Å²) in [6.45, 7) is 1.62. The van der Waals surface area contributed by atoms with Crippen molar-refractivity contribution in [2.45, 2.75) is 6.92 Å². The molecule has 0 atom stereocenters. The molecule has 0 aliphatic heterocycles. The van der Waals surface area contributed by atoms with Crippen LogP contribution in [0.4, 0.5) is 4.39 Å². The number of ether oxygens (including phenoxy) is 2. The van der Waals surface area contributed by atoms with Crippen LogP contribution in [0.2, 0.25) is 0 Å². The summed E-state index contributed by atoms with van der Waals surface area (Å²) in [4.78, 5) is 15.2. The number of carbonyl (C=O) groups is 1. The van der Waals surface area contributed by atoms with Crippen molar-refractivity contribution < 1.29 is 23.9 Å². The molecule has 2 aromatic rings. The third-order valence-electron chi connectivity index (χ3n) is 2.34. The van der Waals surface area contributed by atoms with E-state index < -0.39 is 11.9 Å². The van der Waals surface area contributed by atoms with Crippen molar-refractivity contribution in [1.29, 1.82) is 0 Å². The first-order chi connectivity index (χ1) is 9.60. The monoisotopic (exact) mass is 281 g/mol. The van der Waals surface area contributed by atoms with Crippen molar-refractivity contribution in [3.05, 3.63) is 30.3 Å². The third-order valence-corrected chi connectivity index (χ3v) is 2.34. The molecule has 0 unspecified atom stereocenters. The highest BCUT2D eigenvalue weighted by atomic mass is 19.1. The molecule has 0 aliphatic carbocycles. The standard InChI is InChI=1S/C12H12FN3O4/c1-2-19-12(17)7-20-11-5-9(16(18)15-11)8-3-4-10(13)14-6-8/h3-6,18H,2,7H2,1H3. The Balaban J connectivity index is 2.09. The van der Waals surface area contributed by atoms with Gasteiger partial charge in [0.05, 0.1) is 6.61 Å². The molecule has 8 heteroatoms. The first-order valence-electron chi connectivity index (χ1n) is 5.80. The fourth-order valence-electron chi connectivity index (χ4n) is 1.48. The molecule has 0 aromatic carbocycles. The van der Waals surface area contributed by atoms with E-state index in [4.69, 9.17) is 4.74 Å². The second-order valence-electron chi connectivity index (χ2n) is 3.72. The van der Waals surface area contributed by atoms with Crippen molar-refractivity contribution >= 4 is 5.97 Å². The van der Waals surface area contributed by atoms with Gasteiger partial charge in [-0.15, -0.1) is 0 Å². The summed E-state index contributed by atoms with van der Waals surface area (Å²) in [7, 11) is 0. The molecule has 2 aromatic heterocycles. The number of hydrogen-bond acceptors (Lipinski definition) is 6. The molecule has 106 valence electrons. The summed E-state index contributed by atoms with van der Waals surface area (Å²) in [6, 6.07) is 3.98. The molecule has 0 saturated heterocycles. The van der Waals surface area contributed by atoms with Crippen LogP contribution in [0.1, 0.15) is 6.92 Å². The van der Waals surface area contributed by atoms with E-state index in [1.807, 2.05) is 0 Å². The lowest BCUT2D eigenvalue weighted by atomic mass is 10.2. The quantitative estimate of drug-likeness (QED) is 0.504. The number of carbonyl (C=O) groups excluding carboxylic acids is 1. The van der Waals surface area contributed by atoms with Gasteiger partial charge in [0.15, 0.2) is 6.61 Å². The van der Waals surface area contributed by atoms with Gasteiger partial charge in [0.25, 0.3) is 0 Å². The molecule has 7 nitrogen and oxygen atoms in total. The van der Waals surface area contributed by atoms with Crippen LogP contribution >= 0.6 is 0 Å². The normalized spacial score (nSPS) is 10.3. The van der Waals surface area contributed by atoms with Gasteiger partial charge in [-0.2, -0.15) is 4.39 Å². The average molecular weight is 281 g/mol. The van der Waals surface area contributed by atoms with Gasteiger partial charge in [-0.3, -0.25) is 0 Å². The molecule has 2 rings (SSSR count). The van der Waals surface area contributed by atoms with E-state index in [-0.39, 0.29) is 24.8 Å². The zero-order valence-electron chi connectivity index (χ0n) is 10.6. The smallest absolute Gasteiger partial charge is 0.344 e. The van der Waals surface area contributed by atoms with Crippen molar-refractivity contribution in [2.75, 3.05) is 13.2 Å². The number of aromatic nitrogens is 3. The summed E-state index contributed by atoms with van der Waals surface area (Å²) in [6.07, 6.45) is 1.24. The summed E-state index contributed by atoms with van der Waals surface area (Å²) >= 11 is 0. The van der Waals surface area contributed by atoms with Gasteiger partial charge in [0.1, 0.15) is 5.69 Å². The highest BCUT2D eigenvalue weighted by Crippen LogP contribution is 2.22. The van der Waals surface area contributed by atoms with E-state index in [0.29, 0.717) is 10.4 Å². The van der Waals surface area contributed by atoms with Gasteiger partial charge < -0.3 is 14.7 Å². The van der Waals surface area contributed by atoms with Crippen molar-refractivity contribution in [3.63, 3.8) is 0 Å². The first kappa shape index (κ1) is 13.8. The Morgan fingerprint density at radius 2 is 2.30 bits per heavy atom. The molecule has 2 heterocycles. The first-order valence-corrected chi connectivity index (χ1v) is 5.80. The Morgan fingerprint density at radius 3 is 2.95 bits per heavy atom. The Hall–Kier alpha value is -2.64. The van der Waals surface area contributed by atoms with Crippen LogP contribution in [0.15, 0.2) is 24.4 Å². The minimum atomic E-state index is -0.628. The Labute approximate surface area is 113 Å². The zero-order valence-corrected chi connectivity index (χ0v) is 10.6. The number of pyridine rings is 1. The molecule has 0 amide bonds. The predicted octanol–water partition coefficient (Wildman–Crippen LogP) is 1.26. The highest BCUT2D eigenvalue weighted by Gasteiger charge is 2.12. The molecule has 0 saturated carbocycles. The average Bonchev–Trinajstić information content (AvgIpc) is 2.79. The highest BCUT2D eigenvalue weighted by molar-refractivity contribution is 5.71. The van der Waals surface area contributed by atoms with Crippen LogP contribution in [-0.4, -0.2) is 39.3 Å². The number of esters is 1. The van der Waals surface area contributed by atoms with Gasteiger partial charge >= 0.3 is 5.97 Å². The topological polar surface area (TPSA) is 86.5 Å². The van der Waals surface area contributed by atoms with E-state index in [1.165, 1.54) is 18.3 Å². The maximum absolute atomic E-state index is 12.7. The van der Waals surface area contributed by atoms with Crippen molar-refractivity contribution in [2.24, 2.45) is 0 Å². The second-order valence-corrected chi connectivity index (χ2v) is 3.72. The zero-order chi connectivity index (χ0) is 14.5. The summed E-state index contributed by atoms with van der Waals surface area (Å²) < 4.78 is 22.5. The SMILES string of the molecule is CCOC(=O)COc1cc(-c2ccc(F)nc2)n(O)n1. The van der Waals surface area contributed by atoms with E-state index in [0.717, 1.165) is 6.07 Å². The second kappa shape index (κ2) is 6.00. The van der Waals surface area contributed by atoms with Crippen LogP contribution in [0.3, 0.4) is 0 Å². The largest absolute Gasteiger partial charge is 0.464 e. The van der Waals surface area contributed by atoms with Gasteiger partial charge in [-0.25, -0.2) is 9.78 Å². The van der Waals surface area contributed by atoms with Crippen molar-refractivity contribution in [3.8, 4) is 17.1 Å². The lowest BCUT2D eigenvalue weighted by molar-refractivity contribution is -0.145. The lowest BCUT2D eigenvalue weighted by Crippen LogP contribution is -2.14. The van der Waals surface area contributed by atoms with E-state index in [2.05, 4.69) is 14.8 Å². The van der Waals surface area contributed by atoms with E-state index in [1.54, 1.807) is 6.92 Å². The molecule has 0 radical (unpaired) electrons. The fraction of sp³-hybridized carbons (Fsp3) is 0.250. The Morgan fingerprint density at radius 1 is 1.50 bits per heavy atom. The van der Waals surface area contributed by atoms with E-state index >= 15 is 0 Å². The summed E-state index contributed by atoms with van der Waals surface area (Å²) in [5.41, 5.74) is 0.712. The molecule has 0 spiro atoms. The fourth-order valence-corrected chi connectivity index (χ4v) is 1.48. The van der Waals surface area contributed by atoms with Crippen molar-refractivity contribution in [1.82, 2.24) is 14.9 Å². The third kappa shape index (κ3) is 3.22. The van der Waals surface area contributed by atoms with Crippen LogP contribution in [0.5, 0.6) is 5.88 Å². The van der Waals surface area contributed by atoms with Gasteiger partial charge in [0.2, 0.25) is 11.8 Å². The minimum absolute atomic E-state index is 0.0416. The lowest BCUT2D eigenvalue weighted by Gasteiger charge is -2.01. The number of hydrogen-bond donors (Lipinski definition) is 1. The Bertz CT molecular complexity index is 597. The number of nitrogens with zero attached hydrogens (tertiary/aromatic N) is 3. The molecule has 0 fully saturated rings.